The molecule has 0 saturated heterocycles. The Bertz CT molecular complexity index is 885. The van der Waals surface area contributed by atoms with Crippen LogP contribution >= 0.6 is 0 Å². The summed E-state index contributed by atoms with van der Waals surface area (Å²) in [5.74, 6) is -1.10. The van der Waals surface area contributed by atoms with Crippen LogP contribution in [0.4, 0.5) is 4.79 Å². The van der Waals surface area contributed by atoms with Gasteiger partial charge in [0, 0.05) is 25.4 Å². The van der Waals surface area contributed by atoms with Crippen LogP contribution in [0.5, 0.6) is 0 Å². The van der Waals surface area contributed by atoms with Crippen molar-refractivity contribution >= 4 is 22.9 Å². The van der Waals surface area contributed by atoms with Gasteiger partial charge in [0.1, 0.15) is 6.04 Å². The van der Waals surface area contributed by atoms with Gasteiger partial charge in [0.25, 0.3) is 0 Å². The molecule has 1 aromatic carbocycles. The molecular weight excluding hydrogens is 324 g/mol. The summed E-state index contributed by atoms with van der Waals surface area (Å²) in [6.45, 7) is 0.283. The summed E-state index contributed by atoms with van der Waals surface area (Å²) >= 11 is 0. The first-order chi connectivity index (χ1) is 12.0. The number of fused-ring (bicyclic) bond motifs is 1. The molecule has 0 aliphatic heterocycles. The van der Waals surface area contributed by atoms with E-state index in [1.807, 2.05) is 25.2 Å². The average molecular weight is 342 g/mol. The summed E-state index contributed by atoms with van der Waals surface area (Å²) in [7, 11) is 1.85. The number of carboxylic acids is 1. The Morgan fingerprint density at radius 3 is 2.88 bits per heavy atom. The molecule has 25 heavy (non-hydrogen) atoms. The largest absolute Gasteiger partial charge is 0.480 e. The molecule has 2 heterocycles. The third-order valence-electron chi connectivity index (χ3n) is 3.89. The molecule has 3 N–H and O–H groups in total. The highest BCUT2D eigenvalue weighted by atomic mass is 16.4. The molecule has 2 aromatic heterocycles. The molecule has 0 saturated carbocycles. The van der Waals surface area contributed by atoms with Crippen molar-refractivity contribution in [3.8, 4) is 0 Å². The SMILES string of the molecule is Cn1ncc2ccc(CNC(=O)NC(Cc3ccoc3)C(=O)O)cc21. The number of benzene rings is 1. The Kier molecular flexibility index (Phi) is 4.69. The second kappa shape index (κ2) is 7.08. The Balaban J connectivity index is 1.58. The maximum Gasteiger partial charge on any atom is 0.326 e. The highest BCUT2D eigenvalue weighted by Gasteiger charge is 2.20. The van der Waals surface area contributed by atoms with Crippen molar-refractivity contribution in [1.29, 1.82) is 0 Å². The lowest BCUT2D eigenvalue weighted by Crippen LogP contribution is -2.46. The van der Waals surface area contributed by atoms with Crippen molar-refractivity contribution in [3.63, 3.8) is 0 Å². The fraction of sp³-hybridized carbons (Fsp3) is 0.235. The number of amides is 2. The van der Waals surface area contributed by atoms with Gasteiger partial charge >= 0.3 is 12.0 Å². The van der Waals surface area contributed by atoms with Crippen LogP contribution in [-0.2, 0) is 24.8 Å². The number of urea groups is 1. The van der Waals surface area contributed by atoms with Crippen LogP contribution in [0.1, 0.15) is 11.1 Å². The molecule has 0 fully saturated rings. The van der Waals surface area contributed by atoms with Gasteiger partial charge in [0.05, 0.1) is 24.2 Å². The number of nitrogens with zero attached hydrogens (tertiary/aromatic N) is 2. The molecule has 3 rings (SSSR count). The molecule has 1 unspecified atom stereocenters. The number of aromatic nitrogens is 2. The Morgan fingerprint density at radius 2 is 2.16 bits per heavy atom. The maximum absolute atomic E-state index is 12.0. The van der Waals surface area contributed by atoms with Gasteiger partial charge in [0.15, 0.2) is 0 Å². The monoisotopic (exact) mass is 342 g/mol. The second-order valence-corrected chi connectivity index (χ2v) is 5.71. The molecule has 0 radical (unpaired) electrons. The fourth-order valence-electron chi connectivity index (χ4n) is 2.54. The molecule has 2 amide bonds. The van der Waals surface area contributed by atoms with E-state index in [0.29, 0.717) is 5.56 Å². The van der Waals surface area contributed by atoms with Crippen LogP contribution < -0.4 is 10.6 Å². The summed E-state index contributed by atoms with van der Waals surface area (Å²) in [5.41, 5.74) is 2.56. The van der Waals surface area contributed by atoms with Crippen molar-refractivity contribution in [2.45, 2.75) is 19.0 Å². The van der Waals surface area contributed by atoms with Crippen LogP contribution in [0.3, 0.4) is 0 Å². The number of furan rings is 1. The number of hydrogen-bond donors (Lipinski definition) is 3. The van der Waals surface area contributed by atoms with Gasteiger partial charge in [-0.1, -0.05) is 12.1 Å². The van der Waals surface area contributed by atoms with E-state index in [1.165, 1.54) is 12.5 Å². The predicted octanol–water partition coefficient (Wildman–Crippen LogP) is 1.66. The molecular formula is C17H18N4O4. The molecule has 1 atom stereocenters. The summed E-state index contributed by atoms with van der Waals surface area (Å²) in [6.07, 6.45) is 4.84. The minimum atomic E-state index is -1.10. The molecule has 8 nitrogen and oxygen atoms in total. The zero-order chi connectivity index (χ0) is 17.8. The lowest BCUT2D eigenvalue weighted by Gasteiger charge is -2.14. The third kappa shape index (κ3) is 3.97. The van der Waals surface area contributed by atoms with Crippen LogP contribution in [0.25, 0.3) is 10.9 Å². The molecule has 8 heteroatoms. The first kappa shape index (κ1) is 16.6. The van der Waals surface area contributed by atoms with Crippen LogP contribution in [0.15, 0.2) is 47.4 Å². The summed E-state index contributed by atoms with van der Waals surface area (Å²) < 4.78 is 6.67. The van der Waals surface area contributed by atoms with Gasteiger partial charge in [-0.05, 0) is 23.3 Å². The van der Waals surface area contributed by atoms with Crippen molar-refractivity contribution in [3.05, 3.63) is 54.1 Å². The minimum Gasteiger partial charge on any atom is -0.480 e. The summed E-state index contributed by atoms with van der Waals surface area (Å²) in [5, 5.41) is 19.6. The fourth-order valence-corrected chi connectivity index (χ4v) is 2.54. The number of carbonyl (C=O) groups is 2. The molecule has 0 aliphatic carbocycles. The van der Waals surface area contributed by atoms with Gasteiger partial charge in [-0.2, -0.15) is 5.10 Å². The van der Waals surface area contributed by atoms with E-state index in [2.05, 4.69) is 15.7 Å². The third-order valence-corrected chi connectivity index (χ3v) is 3.89. The minimum absolute atomic E-state index is 0.153. The van der Waals surface area contributed by atoms with E-state index in [1.54, 1.807) is 16.9 Å². The van der Waals surface area contributed by atoms with Crippen molar-refractivity contribution in [2.24, 2.45) is 7.05 Å². The van der Waals surface area contributed by atoms with Crippen LogP contribution in [0.2, 0.25) is 0 Å². The standard InChI is InChI=1S/C17H18N4O4/c1-21-15-7-11(2-3-13(15)9-19-21)8-18-17(24)20-14(16(22)23)6-12-4-5-25-10-12/h2-5,7,9-10,14H,6,8H2,1H3,(H,22,23)(H2,18,20,24). The van der Waals surface area contributed by atoms with Gasteiger partial charge < -0.3 is 20.2 Å². The predicted molar refractivity (Wildman–Crippen MR) is 89.9 cm³/mol. The molecule has 0 spiro atoms. The van der Waals surface area contributed by atoms with E-state index in [0.717, 1.165) is 16.5 Å². The van der Waals surface area contributed by atoms with E-state index in [9.17, 15) is 14.7 Å². The van der Waals surface area contributed by atoms with Crippen LogP contribution in [-0.4, -0.2) is 32.9 Å². The number of carboxylic acid groups (broad SMARTS) is 1. The van der Waals surface area contributed by atoms with Gasteiger partial charge in [-0.15, -0.1) is 0 Å². The normalized spacial score (nSPS) is 12.0. The van der Waals surface area contributed by atoms with Crippen molar-refractivity contribution in [1.82, 2.24) is 20.4 Å². The first-order valence-electron chi connectivity index (χ1n) is 7.72. The summed E-state index contributed by atoms with van der Waals surface area (Å²) in [4.78, 5) is 23.3. The zero-order valence-electron chi connectivity index (χ0n) is 13.6. The topological polar surface area (TPSA) is 109 Å². The molecule has 0 bridgehead atoms. The highest BCUT2D eigenvalue weighted by Crippen LogP contribution is 2.14. The molecule has 3 aromatic rings. The number of aliphatic carboxylic acids is 1. The summed E-state index contributed by atoms with van der Waals surface area (Å²) in [6, 6.07) is 5.85. The number of carbonyl (C=O) groups excluding carboxylic acids is 1. The number of hydrogen-bond acceptors (Lipinski definition) is 4. The van der Waals surface area contributed by atoms with Crippen molar-refractivity contribution in [2.75, 3.05) is 0 Å². The highest BCUT2D eigenvalue weighted by molar-refractivity contribution is 5.83. The Hall–Kier alpha value is -3.29. The smallest absolute Gasteiger partial charge is 0.326 e. The Labute approximate surface area is 143 Å². The Morgan fingerprint density at radius 1 is 1.32 bits per heavy atom. The lowest BCUT2D eigenvalue weighted by atomic mass is 10.1. The van der Waals surface area contributed by atoms with Gasteiger partial charge in [0.2, 0.25) is 0 Å². The van der Waals surface area contributed by atoms with E-state index in [4.69, 9.17) is 4.42 Å². The van der Waals surface area contributed by atoms with Crippen LogP contribution in [0, 0.1) is 0 Å². The lowest BCUT2D eigenvalue weighted by molar-refractivity contribution is -0.139. The van der Waals surface area contributed by atoms with E-state index in [-0.39, 0.29) is 13.0 Å². The van der Waals surface area contributed by atoms with Crippen molar-refractivity contribution < 1.29 is 19.1 Å². The quantitative estimate of drug-likeness (QED) is 0.631. The maximum atomic E-state index is 12.0. The van der Waals surface area contributed by atoms with Gasteiger partial charge in [-0.3, -0.25) is 4.68 Å². The van der Waals surface area contributed by atoms with E-state index < -0.39 is 18.0 Å². The average Bonchev–Trinajstić information content (AvgIpc) is 3.22. The second-order valence-electron chi connectivity index (χ2n) is 5.71. The first-order valence-corrected chi connectivity index (χ1v) is 7.72. The van der Waals surface area contributed by atoms with E-state index >= 15 is 0 Å². The number of aryl methyl sites for hydroxylation is 1. The molecule has 0 aliphatic rings. The number of rotatable bonds is 6. The number of nitrogens with one attached hydrogen (secondary N) is 2. The zero-order valence-corrected chi connectivity index (χ0v) is 13.6. The molecule has 130 valence electrons. The van der Waals surface area contributed by atoms with Gasteiger partial charge in [-0.25, -0.2) is 9.59 Å².